The fourth-order valence-corrected chi connectivity index (χ4v) is 3.64. The van der Waals surface area contributed by atoms with E-state index in [1.54, 1.807) is 34.9 Å². The Hall–Kier alpha value is -3.72. The molecule has 35 heavy (non-hydrogen) atoms. The molecule has 182 valence electrons. The number of rotatable bonds is 8. The Morgan fingerprint density at radius 2 is 1.66 bits per heavy atom. The van der Waals surface area contributed by atoms with Gasteiger partial charge in [0.2, 0.25) is 0 Å². The minimum absolute atomic E-state index is 0.180. The third-order valence-corrected chi connectivity index (χ3v) is 5.37. The highest BCUT2D eigenvalue weighted by Gasteiger charge is 2.30. The lowest BCUT2D eigenvalue weighted by atomic mass is 10.2. The molecule has 0 aliphatic heterocycles. The van der Waals surface area contributed by atoms with Crippen molar-refractivity contribution in [3.05, 3.63) is 94.4 Å². The maximum absolute atomic E-state index is 12.9. The Morgan fingerprint density at radius 1 is 1.00 bits per heavy atom. The lowest BCUT2D eigenvalue weighted by Gasteiger charge is -2.11. The van der Waals surface area contributed by atoms with E-state index in [1.807, 2.05) is 19.1 Å². The Labute approximate surface area is 204 Å². The molecule has 0 spiro atoms. The van der Waals surface area contributed by atoms with Crippen LogP contribution in [-0.2, 0) is 19.6 Å². The van der Waals surface area contributed by atoms with Crippen molar-refractivity contribution in [2.24, 2.45) is 0 Å². The van der Waals surface area contributed by atoms with Gasteiger partial charge in [-0.25, -0.2) is 4.98 Å². The van der Waals surface area contributed by atoms with Gasteiger partial charge in [0.05, 0.1) is 10.7 Å². The quantitative estimate of drug-likeness (QED) is 0.322. The van der Waals surface area contributed by atoms with Gasteiger partial charge in [0.25, 0.3) is 5.91 Å². The maximum Gasteiger partial charge on any atom is 0.573 e. The zero-order valence-corrected chi connectivity index (χ0v) is 19.4. The van der Waals surface area contributed by atoms with Crippen LogP contribution >= 0.6 is 11.6 Å². The smallest absolute Gasteiger partial charge is 0.489 e. The monoisotopic (exact) mass is 503 g/mol. The van der Waals surface area contributed by atoms with Crippen molar-refractivity contribution < 1.29 is 27.4 Å². The van der Waals surface area contributed by atoms with Crippen molar-refractivity contribution in [2.75, 3.05) is 0 Å². The lowest BCUT2D eigenvalue weighted by Crippen LogP contribution is -2.25. The van der Waals surface area contributed by atoms with Crippen molar-refractivity contribution in [1.29, 1.82) is 0 Å². The number of amides is 1. The summed E-state index contributed by atoms with van der Waals surface area (Å²) in [6.07, 6.45) is -2.45. The average molecular weight is 504 g/mol. The van der Waals surface area contributed by atoms with Gasteiger partial charge in [-0.3, -0.25) is 9.20 Å². The van der Waals surface area contributed by atoms with E-state index >= 15 is 0 Å². The number of hydrogen-bond acceptors (Lipinski definition) is 4. The number of hydrogen-bond donors (Lipinski definition) is 1. The largest absolute Gasteiger partial charge is 0.573 e. The summed E-state index contributed by atoms with van der Waals surface area (Å²) in [4.78, 5) is 17.4. The first-order chi connectivity index (χ1) is 16.7. The van der Waals surface area contributed by atoms with E-state index in [0.29, 0.717) is 46.3 Å². The topological polar surface area (TPSA) is 64.9 Å². The zero-order chi connectivity index (χ0) is 25.0. The number of nitrogens with one attached hydrogen (secondary N) is 1. The van der Waals surface area contributed by atoms with Gasteiger partial charge < -0.3 is 14.8 Å². The van der Waals surface area contributed by atoms with Crippen LogP contribution in [0.3, 0.4) is 0 Å². The highest BCUT2D eigenvalue weighted by Crippen LogP contribution is 2.23. The van der Waals surface area contributed by atoms with E-state index in [9.17, 15) is 18.0 Å². The Morgan fingerprint density at radius 3 is 2.31 bits per heavy atom. The van der Waals surface area contributed by atoms with Crippen LogP contribution in [0.5, 0.6) is 11.5 Å². The summed E-state index contributed by atoms with van der Waals surface area (Å²) in [5.74, 6) is 0.0426. The summed E-state index contributed by atoms with van der Waals surface area (Å²) < 4.78 is 48.0. The fourth-order valence-electron chi connectivity index (χ4n) is 3.48. The highest BCUT2D eigenvalue weighted by atomic mass is 35.5. The molecule has 0 radical (unpaired) electrons. The molecule has 1 N–H and O–H groups in total. The first-order valence-electron chi connectivity index (χ1n) is 10.7. The van der Waals surface area contributed by atoms with Crippen LogP contribution in [0.15, 0.2) is 66.9 Å². The van der Waals surface area contributed by atoms with Crippen molar-refractivity contribution >= 4 is 23.2 Å². The predicted octanol–water partition coefficient (Wildman–Crippen LogP) is 5.96. The second kappa shape index (κ2) is 10.3. The number of alkyl halides is 3. The minimum atomic E-state index is -4.72. The fraction of sp³-hybridized carbons (Fsp3) is 0.200. The Kier molecular flexibility index (Phi) is 7.16. The summed E-state index contributed by atoms with van der Waals surface area (Å²) in [5.41, 5.74) is 3.35. The van der Waals surface area contributed by atoms with Crippen LogP contribution in [0.25, 0.3) is 5.65 Å². The molecule has 4 aromatic rings. The Bertz CT molecular complexity index is 1320. The molecule has 2 aromatic heterocycles. The molecule has 0 atom stereocenters. The third kappa shape index (κ3) is 6.24. The highest BCUT2D eigenvalue weighted by molar-refractivity contribution is 6.30. The number of ether oxygens (including phenoxy) is 2. The van der Waals surface area contributed by atoms with Gasteiger partial charge in [0.15, 0.2) is 0 Å². The minimum Gasteiger partial charge on any atom is -0.489 e. The van der Waals surface area contributed by atoms with Gasteiger partial charge in [-0.1, -0.05) is 42.8 Å². The lowest BCUT2D eigenvalue weighted by molar-refractivity contribution is -0.274. The van der Waals surface area contributed by atoms with E-state index < -0.39 is 6.36 Å². The number of benzene rings is 2. The molecule has 0 aliphatic rings. The predicted molar refractivity (Wildman–Crippen MR) is 125 cm³/mol. The van der Waals surface area contributed by atoms with Crippen LogP contribution in [0.2, 0.25) is 5.02 Å². The van der Waals surface area contributed by atoms with Crippen LogP contribution < -0.4 is 14.8 Å². The molecule has 0 saturated heterocycles. The molecule has 6 nitrogen and oxygen atoms in total. The Balaban J connectivity index is 1.33. The number of pyridine rings is 1. The van der Waals surface area contributed by atoms with Crippen LogP contribution in [-0.4, -0.2) is 21.7 Å². The van der Waals surface area contributed by atoms with Crippen molar-refractivity contribution in [3.8, 4) is 11.5 Å². The van der Waals surface area contributed by atoms with Crippen LogP contribution in [0, 0.1) is 0 Å². The second-order valence-electron chi connectivity index (χ2n) is 7.64. The first kappa shape index (κ1) is 24.4. The summed E-state index contributed by atoms with van der Waals surface area (Å²) in [7, 11) is 0. The number of aryl methyl sites for hydroxylation is 1. The van der Waals surface area contributed by atoms with Gasteiger partial charge in [-0.15, -0.1) is 13.2 Å². The van der Waals surface area contributed by atoms with Gasteiger partial charge in [0, 0.05) is 12.7 Å². The summed E-state index contributed by atoms with van der Waals surface area (Å²) in [6.45, 7) is 2.42. The normalized spacial score (nSPS) is 11.5. The van der Waals surface area contributed by atoms with E-state index in [1.165, 1.54) is 24.3 Å². The summed E-state index contributed by atoms with van der Waals surface area (Å²) in [6, 6.07) is 16.1. The molecule has 0 bridgehead atoms. The SMILES string of the molecule is CCc1nc2ccc(Cl)cn2c1C(=O)NCc1ccc(OCc2ccc(OC(F)(F)F)cc2)cc1. The molecule has 10 heteroatoms. The van der Waals surface area contributed by atoms with Crippen molar-refractivity contribution in [2.45, 2.75) is 32.9 Å². The summed E-state index contributed by atoms with van der Waals surface area (Å²) >= 11 is 6.09. The maximum atomic E-state index is 12.9. The molecule has 4 rings (SSSR count). The van der Waals surface area contributed by atoms with Crippen LogP contribution in [0.4, 0.5) is 13.2 Å². The molecular weight excluding hydrogens is 483 g/mol. The molecular formula is C25H21ClF3N3O3. The first-order valence-corrected chi connectivity index (χ1v) is 11.1. The molecule has 0 aliphatic carbocycles. The van der Waals surface area contributed by atoms with Gasteiger partial charge in [-0.2, -0.15) is 0 Å². The number of carbonyl (C=O) groups is 1. The molecule has 0 unspecified atom stereocenters. The number of carbonyl (C=O) groups excluding carboxylic acids is 1. The van der Waals surface area contributed by atoms with Gasteiger partial charge in [0.1, 0.15) is 29.4 Å². The van der Waals surface area contributed by atoms with Crippen LogP contribution in [0.1, 0.15) is 34.2 Å². The molecule has 0 saturated carbocycles. The standard InChI is InChI=1S/C25H21ClF3N3O3/c1-2-21-23(32-14-18(26)7-12-22(32)31-21)24(33)30-13-16-3-8-19(9-4-16)34-15-17-5-10-20(11-6-17)35-25(27,28)29/h3-12,14H,2,13,15H2,1H3,(H,30,33). The zero-order valence-electron chi connectivity index (χ0n) is 18.6. The number of nitrogens with zero attached hydrogens (tertiary/aromatic N) is 2. The van der Waals surface area contributed by atoms with Gasteiger partial charge in [-0.05, 0) is 53.9 Å². The van der Waals surface area contributed by atoms with Crippen molar-refractivity contribution in [3.63, 3.8) is 0 Å². The molecule has 1 amide bonds. The van der Waals surface area contributed by atoms with E-state index in [0.717, 1.165) is 5.56 Å². The number of fused-ring (bicyclic) bond motifs is 1. The van der Waals surface area contributed by atoms with E-state index in [2.05, 4.69) is 15.0 Å². The van der Waals surface area contributed by atoms with Crippen molar-refractivity contribution in [1.82, 2.24) is 14.7 Å². The van der Waals surface area contributed by atoms with E-state index in [4.69, 9.17) is 16.3 Å². The number of halogens is 4. The second-order valence-corrected chi connectivity index (χ2v) is 8.08. The summed E-state index contributed by atoms with van der Waals surface area (Å²) in [5, 5.41) is 3.42. The van der Waals surface area contributed by atoms with Gasteiger partial charge >= 0.3 is 6.36 Å². The molecule has 0 fully saturated rings. The molecule has 2 aromatic carbocycles. The van der Waals surface area contributed by atoms with E-state index in [-0.39, 0.29) is 18.3 Å². The number of aromatic nitrogens is 2. The number of imidazole rings is 1. The average Bonchev–Trinajstić information content (AvgIpc) is 3.19. The molecule has 2 heterocycles. The third-order valence-electron chi connectivity index (χ3n) is 5.14.